The molecule has 1 aliphatic heterocycles. The molecule has 40 heavy (non-hydrogen) atoms. The second-order valence-electron chi connectivity index (χ2n) is 9.14. The molecule has 0 aliphatic carbocycles. The summed E-state index contributed by atoms with van der Waals surface area (Å²) in [5.74, 6) is 0.974. The van der Waals surface area contributed by atoms with Gasteiger partial charge in [-0.2, -0.15) is 13.9 Å². The molecule has 0 spiro atoms. The van der Waals surface area contributed by atoms with Crippen molar-refractivity contribution in [3.8, 4) is 17.0 Å². The van der Waals surface area contributed by atoms with Crippen molar-refractivity contribution < 1.29 is 13.5 Å². The van der Waals surface area contributed by atoms with Gasteiger partial charge in [0.15, 0.2) is 5.82 Å². The zero-order valence-electron chi connectivity index (χ0n) is 22.0. The van der Waals surface area contributed by atoms with Crippen molar-refractivity contribution in [2.45, 2.75) is 44.1 Å². The number of halogens is 2. The highest BCUT2D eigenvalue weighted by atomic mass is 32.2. The van der Waals surface area contributed by atoms with E-state index in [0.29, 0.717) is 5.82 Å². The fraction of sp³-hybridized carbons (Fsp3) is 0.286. The van der Waals surface area contributed by atoms with E-state index in [9.17, 15) is 8.78 Å². The number of alkyl halides is 2. The van der Waals surface area contributed by atoms with E-state index in [2.05, 4.69) is 47.8 Å². The summed E-state index contributed by atoms with van der Waals surface area (Å²) in [6.07, 6.45) is 8.22. The Kier molecular flexibility index (Phi) is 8.87. The maximum atomic E-state index is 12.3. The molecule has 4 N–H and O–H groups in total. The molecule has 0 bridgehead atoms. The number of fused-ring (bicyclic) bond motifs is 2. The molecule has 0 atom stereocenters. The Morgan fingerprint density at radius 2 is 1.88 bits per heavy atom. The van der Waals surface area contributed by atoms with E-state index in [0.717, 1.165) is 44.6 Å². The highest BCUT2D eigenvalue weighted by Gasteiger charge is 2.14. The van der Waals surface area contributed by atoms with Crippen molar-refractivity contribution in [3.05, 3.63) is 66.6 Å². The van der Waals surface area contributed by atoms with Crippen LogP contribution in [0.5, 0.6) is 5.75 Å². The Labute approximate surface area is 234 Å². The molecule has 1 saturated heterocycles. The van der Waals surface area contributed by atoms with Crippen LogP contribution in [0.15, 0.2) is 66.0 Å². The van der Waals surface area contributed by atoms with Gasteiger partial charge in [0.05, 0.1) is 11.2 Å². The molecule has 3 aromatic heterocycles. The zero-order valence-corrected chi connectivity index (χ0v) is 22.8. The first-order valence-electron chi connectivity index (χ1n) is 13.1. The van der Waals surface area contributed by atoms with Crippen LogP contribution in [0, 0.1) is 0 Å². The maximum Gasteiger partial charge on any atom is 0.387 e. The van der Waals surface area contributed by atoms with E-state index < -0.39 is 6.61 Å². The van der Waals surface area contributed by atoms with Crippen molar-refractivity contribution in [2.24, 2.45) is 0 Å². The van der Waals surface area contributed by atoms with Gasteiger partial charge < -0.3 is 20.5 Å². The van der Waals surface area contributed by atoms with Gasteiger partial charge in [-0.05, 0) is 98.4 Å². The fourth-order valence-corrected chi connectivity index (χ4v) is 5.12. The number of rotatable bonds is 7. The third kappa shape index (κ3) is 6.57. The van der Waals surface area contributed by atoms with Crippen LogP contribution in [0.1, 0.15) is 31.7 Å². The van der Waals surface area contributed by atoms with Gasteiger partial charge in [-0.15, -0.1) is 0 Å². The minimum absolute atomic E-state index is 0.106. The smallest absolute Gasteiger partial charge is 0.387 e. The average molecular weight is 565 g/mol. The molecule has 0 amide bonds. The summed E-state index contributed by atoms with van der Waals surface area (Å²) < 4.78 is 34.1. The van der Waals surface area contributed by atoms with E-state index in [4.69, 9.17) is 5.73 Å². The summed E-state index contributed by atoms with van der Waals surface area (Å²) in [5, 5.41) is 8.63. The largest absolute Gasteiger partial charge is 0.435 e. The lowest BCUT2D eigenvalue weighted by atomic mass is 10.0. The lowest BCUT2D eigenvalue weighted by molar-refractivity contribution is -0.0498. The normalized spacial score (nSPS) is 13.3. The number of ether oxygens (including phenoxy) is 1. The van der Waals surface area contributed by atoms with Crippen LogP contribution >= 0.6 is 11.9 Å². The molecule has 208 valence electrons. The van der Waals surface area contributed by atoms with E-state index in [1.807, 2.05) is 22.7 Å². The summed E-state index contributed by atoms with van der Waals surface area (Å²) in [5.41, 5.74) is 10.4. The lowest BCUT2D eigenvalue weighted by Crippen LogP contribution is -2.21. The molecule has 5 aromatic rings. The number of hydrogen-bond acceptors (Lipinski definition) is 9. The van der Waals surface area contributed by atoms with Crippen LogP contribution in [-0.4, -0.2) is 44.3 Å². The number of benzene rings is 2. The molecule has 1 fully saturated rings. The minimum atomic E-state index is -2.85. The average Bonchev–Trinajstić information content (AvgIpc) is 3.42. The Hall–Kier alpha value is -4.03. The minimum Gasteiger partial charge on any atom is -0.435 e. The topological polar surface area (TPSA) is 115 Å². The van der Waals surface area contributed by atoms with Crippen molar-refractivity contribution in [1.82, 2.24) is 29.9 Å². The second kappa shape index (κ2) is 12.9. The summed E-state index contributed by atoms with van der Waals surface area (Å²) >= 11 is 1.31. The molecule has 1 aliphatic rings. The van der Waals surface area contributed by atoms with Crippen molar-refractivity contribution >= 4 is 40.1 Å². The molecule has 0 saturated carbocycles. The first-order chi connectivity index (χ1) is 19.5. The number of nitrogens with two attached hydrogens (primary N) is 1. The molecule has 0 unspecified atom stereocenters. The van der Waals surface area contributed by atoms with E-state index in [-0.39, 0.29) is 11.7 Å². The van der Waals surface area contributed by atoms with Gasteiger partial charge in [0.1, 0.15) is 17.6 Å². The van der Waals surface area contributed by atoms with Gasteiger partial charge in [0.25, 0.3) is 0 Å². The lowest BCUT2D eigenvalue weighted by Gasteiger charge is -2.10. The van der Waals surface area contributed by atoms with Crippen molar-refractivity contribution in [3.63, 3.8) is 0 Å². The Bertz CT molecular complexity index is 1560. The summed E-state index contributed by atoms with van der Waals surface area (Å²) in [4.78, 5) is 13.7. The molecule has 2 aromatic carbocycles. The number of aryl methyl sites for hydroxylation is 1. The molecular formula is C28H30F2N8OS. The predicted octanol–water partition coefficient (Wildman–Crippen LogP) is 5.96. The van der Waals surface area contributed by atoms with Crippen LogP contribution < -0.4 is 20.5 Å². The van der Waals surface area contributed by atoms with Gasteiger partial charge in [-0.1, -0.05) is 13.3 Å². The van der Waals surface area contributed by atoms with E-state index in [1.165, 1.54) is 62.8 Å². The first kappa shape index (κ1) is 27.5. The predicted molar refractivity (Wildman–Crippen MR) is 155 cm³/mol. The Morgan fingerprint density at radius 3 is 2.55 bits per heavy atom. The van der Waals surface area contributed by atoms with Crippen LogP contribution in [0.3, 0.4) is 0 Å². The number of nitrogens with zero attached hydrogens (tertiary/aromatic N) is 5. The van der Waals surface area contributed by atoms with E-state index >= 15 is 0 Å². The highest BCUT2D eigenvalue weighted by molar-refractivity contribution is 8.00. The van der Waals surface area contributed by atoms with Crippen molar-refractivity contribution in [2.75, 3.05) is 23.5 Å². The summed E-state index contributed by atoms with van der Waals surface area (Å²) in [6.45, 7) is 1.72. The number of nitrogens with one attached hydrogen (secondary N) is 2. The maximum absolute atomic E-state index is 12.3. The monoisotopic (exact) mass is 564 g/mol. The van der Waals surface area contributed by atoms with Gasteiger partial charge in [0, 0.05) is 22.0 Å². The fourth-order valence-electron chi connectivity index (χ4n) is 4.48. The van der Waals surface area contributed by atoms with Crippen LogP contribution in [0.25, 0.3) is 27.7 Å². The third-order valence-corrected chi connectivity index (χ3v) is 7.23. The van der Waals surface area contributed by atoms with Crippen LogP contribution in [-0.2, 0) is 6.42 Å². The molecule has 12 heteroatoms. The number of aromatic nitrogens is 5. The highest BCUT2D eigenvalue weighted by Crippen LogP contribution is 2.31. The molecule has 4 heterocycles. The van der Waals surface area contributed by atoms with E-state index in [1.54, 1.807) is 18.3 Å². The first-order valence-corrected chi connectivity index (χ1v) is 13.9. The SMILES string of the molecule is C1CCNCC1.CCc1cc(-c2ccc3c(NSc4ccc(OC(F)F)cc4)ncnn23)cc2cnc(N)nc12. The van der Waals surface area contributed by atoms with Crippen LogP contribution in [0.2, 0.25) is 0 Å². The number of nitrogen functional groups attached to an aromatic ring is 1. The van der Waals surface area contributed by atoms with Gasteiger partial charge in [-0.3, -0.25) is 0 Å². The van der Waals surface area contributed by atoms with Crippen LogP contribution in [0.4, 0.5) is 20.5 Å². The molecule has 0 radical (unpaired) electrons. The molecule has 9 nitrogen and oxygen atoms in total. The Balaban J connectivity index is 0.000000477. The van der Waals surface area contributed by atoms with Gasteiger partial charge in [0.2, 0.25) is 5.95 Å². The van der Waals surface area contributed by atoms with Gasteiger partial charge in [-0.25, -0.2) is 19.5 Å². The summed E-state index contributed by atoms with van der Waals surface area (Å²) in [6, 6.07) is 14.4. The second-order valence-corrected chi connectivity index (χ2v) is 10.0. The number of hydrogen-bond donors (Lipinski definition) is 3. The third-order valence-electron chi connectivity index (χ3n) is 6.43. The Morgan fingerprint density at radius 1 is 1.07 bits per heavy atom. The van der Waals surface area contributed by atoms with Crippen molar-refractivity contribution in [1.29, 1.82) is 0 Å². The summed E-state index contributed by atoms with van der Waals surface area (Å²) in [7, 11) is 0. The molecular weight excluding hydrogens is 534 g/mol. The standard InChI is InChI=1S/C23H19F2N7OS.C5H11N/c1-2-13-9-14(10-15-11-27-23(26)30-20(13)15)18-7-8-19-21(28-12-29-32(18)19)31-34-17-5-3-16(4-6-17)33-22(24)25;1-2-4-6-5-3-1/h3-12,22H,2H2,1H3,(H2,26,27,30)(H,28,29,31);6H,1-5H2. The molecule has 6 rings (SSSR count). The zero-order chi connectivity index (χ0) is 27.9. The number of anilines is 2. The quantitative estimate of drug-likeness (QED) is 0.206. The van der Waals surface area contributed by atoms with Gasteiger partial charge >= 0.3 is 6.61 Å². The number of piperidine rings is 1.